The van der Waals surface area contributed by atoms with Gasteiger partial charge in [-0.1, -0.05) is 24.3 Å². The van der Waals surface area contributed by atoms with Gasteiger partial charge in [0.2, 0.25) is 5.95 Å². The van der Waals surface area contributed by atoms with Gasteiger partial charge in [0.05, 0.1) is 35.4 Å². The molecule has 2 N–H and O–H groups in total. The van der Waals surface area contributed by atoms with Gasteiger partial charge in [0.1, 0.15) is 17.6 Å². The second-order valence-electron chi connectivity index (χ2n) is 8.85. The summed E-state index contributed by atoms with van der Waals surface area (Å²) in [7, 11) is 0. The number of carbonyl (C=O) groups excluding carboxylic acids is 2. The van der Waals surface area contributed by atoms with Gasteiger partial charge in [-0.05, 0) is 43.2 Å². The molecule has 1 fully saturated rings. The Bertz CT molecular complexity index is 1520. The van der Waals surface area contributed by atoms with Crippen LogP contribution in [0, 0.1) is 17.1 Å². The number of nitrogens with zero attached hydrogens (tertiary/aromatic N) is 7. The molecular weight excluding hydrogens is 491 g/mol. The second-order valence-corrected chi connectivity index (χ2v) is 8.85. The number of benzene rings is 1. The van der Waals surface area contributed by atoms with Gasteiger partial charge in [-0.2, -0.15) is 14.9 Å². The summed E-state index contributed by atoms with van der Waals surface area (Å²) in [4.78, 5) is 29.5. The zero-order valence-corrected chi connectivity index (χ0v) is 20.5. The Labute approximate surface area is 217 Å². The zero-order valence-electron chi connectivity index (χ0n) is 20.5. The maximum absolute atomic E-state index is 14.7. The first-order valence-corrected chi connectivity index (χ1v) is 11.6. The van der Waals surface area contributed by atoms with Gasteiger partial charge in [-0.25, -0.2) is 19.0 Å². The fourth-order valence-corrected chi connectivity index (χ4v) is 4.19. The summed E-state index contributed by atoms with van der Waals surface area (Å²) in [5.41, 5.74) is 9.02. The molecule has 0 radical (unpaired) electrons. The average Bonchev–Trinajstić information content (AvgIpc) is 3.38. The highest BCUT2D eigenvalue weighted by molar-refractivity contribution is 5.68. The van der Waals surface area contributed by atoms with Crippen molar-refractivity contribution in [3.63, 3.8) is 0 Å². The minimum Gasteiger partial charge on any atom is -0.381 e. The number of pyridine rings is 1. The smallest absolute Gasteiger partial charge is 0.373 e. The minimum atomic E-state index is -0.660. The van der Waals surface area contributed by atoms with E-state index in [0.29, 0.717) is 17.9 Å². The van der Waals surface area contributed by atoms with Crippen molar-refractivity contribution in [2.75, 3.05) is 18.9 Å². The van der Waals surface area contributed by atoms with Crippen LogP contribution in [0.15, 0.2) is 48.7 Å². The Morgan fingerprint density at radius 1 is 1.08 bits per heavy atom. The molecule has 38 heavy (non-hydrogen) atoms. The van der Waals surface area contributed by atoms with E-state index >= 15 is 0 Å². The molecule has 0 amide bonds. The third-order valence-electron chi connectivity index (χ3n) is 6.29. The lowest BCUT2D eigenvalue weighted by Crippen LogP contribution is -2.31. The normalized spacial score (nSPS) is 14.0. The predicted octanol–water partition coefficient (Wildman–Crippen LogP) is 2.92. The van der Waals surface area contributed by atoms with E-state index in [1.54, 1.807) is 23.0 Å². The first-order chi connectivity index (χ1) is 18.4. The van der Waals surface area contributed by atoms with E-state index in [0.717, 1.165) is 37.4 Å². The molecule has 12 heteroatoms. The molecule has 1 saturated heterocycles. The molecule has 4 aromatic rings. The zero-order chi connectivity index (χ0) is 27.1. The number of nitrogens with two attached hydrogens (primary N) is 1. The van der Waals surface area contributed by atoms with Crippen molar-refractivity contribution in [2.24, 2.45) is 0 Å². The van der Waals surface area contributed by atoms with Crippen molar-refractivity contribution in [3.05, 3.63) is 71.4 Å². The summed E-state index contributed by atoms with van der Waals surface area (Å²) < 4.78 is 21.9. The van der Waals surface area contributed by atoms with Crippen molar-refractivity contribution < 1.29 is 18.7 Å². The lowest BCUT2D eigenvalue weighted by molar-refractivity contribution is -0.191. The maximum atomic E-state index is 14.7. The SMILES string of the molecule is CC1(c2cccc(Cn3cc(-c4cc(-c5cccc(C#N)c5F)nc(N)n4)nn3)n2)CCOCC1.O=C=O. The first-order valence-electron chi connectivity index (χ1n) is 11.6. The highest BCUT2D eigenvalue weighted by Gasteiger charge is 2.30. The summed E-state index contributed by atoms with van der Waals surface area (Å²) in [5.74, 6) is -0.695. The summed E-state index contributed by atoms with van der Waals surface area (Å²) >= 11 is 0. The van der Waals surface area contributed by atoms with Crippen molar-refractivity contribution in [2.45, 2.75) is 31.7 Å². The van der Waals surface area contributed by atoms with E-state index in [4.69, 9.17) is 30.3 Å². The predicted molar refractivity (Wildman–Crippen MR) is 131 cm³/mol. The number of aromatic nitrogens is 6. The van der Waals surface area contributed by atoms with Crippen LogP contribution in [0.25, 0.3) is 22.6 Å². The molecule has 1 aliphatic rings. The molecule has 11 nitrogen and oxygen atoms in total. The molecule has 1 aromatic carbocycles. The summed E-state index contributed by atoms with van der Waals surface area (Å²) in [6, 6.07) is 14.0. The lowest BCUT2D eigenvalue weighted by atomic mass is 9.79. The lowest BCUT2D eigenvalue weighted by Gasteiger charge is -2.33. The number of nitriles is 1. The molecule has 0 saturated carbocycles. The van der Waals surface area contributed by atoms with Crippen LogP contribution in [0.4, 0.5) is 10.3 Å². The third kappa shape index (κ3) is 5.75. The second kappa shape index (κ2) is 11.5. The largest absolute Gasteiger partial charge is 0.381 e. The van der Waals surface area contributed by atoms with E-state index < -0.39 is 5.82 Å². The van der Waals surface area contributed by atoms with Crippen LogP contribution in [0.1, 0.15) is 36.7 Å². The third-order valence-corrected chi connectivity index (χ3v) is 6.29. The van der Waals surface area contributed by atoms with Crippen molar-refractivity contribution in [1.29, 1.82) is 5.26 Å². The Morgan fingerprint density at radius 2 is 1.79 bits per heavy atom. The monoisotopic (exact) mass is 514 g/mol. The number of hydrogen-bond donors (Lipinski definition) is 1. The number of nitrogen functional groups attached to an aromatic ring is 1. The van der Waals surface area contributed by atoms with Gasteiger partial charge in [-0.15, -0.1) is 5.10 Å². The number of rotatable bonds is 5. The topological polar surface area (TPSA) is 163 Å². The van der Waals surface area contributed by atoms with E-state index in [2.05, 4.69) is 33.3 Å². The quantitative estimate of drug-likeness (QED) is 0.419. The highest BCUT2D eigenvalue weighted by Crippen LogP contribution is 2.33. The summed E-state index contributed by atoms with van der Waals surface area (Å²) in [6.07, 6.45) is 3.86. The highest BCUT2D eigenvalue weighted by atomic mass is 19.1. The van der Waals surface area contributed by atoms with Crippen LogP contribution < -0.4 is 5.73 Å². The van der Waals surface area contributed by atoms with E-state index in [1.807, 2.05) is 18.2 Å². The van der Waals surface area contributed by atoms with Crippen LogP contribution in [0.3, 0.4) is 0 Å². The average molecular weight is 515 g/mol. The van der Waals surface area contributed by atoms with Gasteiger partial charge in [0, 0.05) is 29.9 Å². The maximum Gasteiger partial charge on any atom is 0.373 e. The van der Waals surface area contributed by atoms with Crippen LogP contribution in [0.5, 0.6) is 0 Å². The summed E-state index contributed by atoms with van der Waals surface area (Å²) in [6.45, 7) is 4.13. The Kier molecular flexibility index (Phi) is 7.91. The molecular formula is C26H23FN8O3. The van der Waals surface area contributed by atoms with Crippen LogP contribution in [0.2, 0.25) is 0 Å². The molecule has 0 atom stereocenters. The van der Waals surface area contributed by atoms with Crippen molar-refractivity contribution in [3.8, 4) is 28.7 Å². The Hall–Kier alpha value is -4.85. The van der Waals surface area contributed by atoms with Gasteiger partial charge in [0.15, 0.2) is 0 Å². The molecule has 5 rings (SSSR count). The molecule has 192 valence electrons. The van der Waals surface area contributed by atoms with Gasteiger partial charge in [0.25, 0.3) is 0 Å². The fraction of sp³-hybridized carbons (Fsp3) is 0.269. The van der Waals surface area contributed by atoms with Gasteiger partial charge in [-0.3, -0.25) is 4.98 Å². The van der Waals surface area contributed by atoms with Crippen molar-refractivity contribution in [1.82, 2.24) is 29.9 Å². The minimum absolute atomic E-state index is 0.00516. The molecule has 0 aliphatic carbocycles. The fourth-order valence-electron chi connectivity index (χ4n) is 4.19. The number of halogens is 1. The number of anilines is 1. The molecule has 0 bridgehead atoms. The number of ether oxygens (including phenoxy) is 1. The molecule has 1 aliphatic heterocycles. The van der Waals surface area contributed by atoms with Crippen LogP contribution in [-0.4, -0.2) is 49.3 Å². The molecule has 4 heterocycles. The standard InChI is InChI=1S/C25H23FN8O.CO2/c1-25(8-10-35-11-9-25)22-7-3-5-17(29-22)14-34-15-21(32-33-34)20-12-19(30-24(28)31-20)18-6-2-4-16(13-27)23(18)26;2-1-3/h2-7,12,15H,8-11,14H2,1H3,(H2,28,30,31);. The van der Waals surface area contributed by atoms with E-state index in [-0.39, 0.29) is 34.3 Å². The van der Waals surface area contributed by atoms with Gasteiger partial charge < -0.3 is 10.5 Å². The molecule has 0 unspecified atom stereocenters. The first kappa shape index (κ1) is 26.2. The van der Waals surface area contributed by atoms with Crippen molar-refractivity contribution >= 4 is 12.1 Å². The Morgan fingerprint density at radius 3 is 2.53 bits per heavy atom. The van der Waals surface area contributed by atoms with Crippen LogP contribution >= 0.6 is 0 Å². The molecule has 3 aromatic heterocycles. The van der Waals surface area contributed by atoms with Gasteiger partial charge >= 0.3 is 6.15 Å². The van der Waals surface area contributed by atoms with Crippen LogP contribution in [-0.2, 0) is 26.3 Å². The molecule has 0 spiro atoms. The summed E-state index contributed by atoms with van der Waals surface area (Å²) in [5, 5.41) is 17.6. The van der Waals surface area contributed by atoms with E-state index in [1.165, 1.54) is 12.1 Å². The number of hydrogen-bond acceptors (Lipinski definition) is 10. The van der Waals surface area contributed by atoms with E-state index in [9.17, 15) is 4.39 Å². The Balaban J connectivity index is 0.00000107.